The number of hydrogen-bond acceptors (Lipinski definition) is 22. The monoisotopic (exact) mass is 1090 g/mol. The topological polar surface area (TPSA) is 271 Å². The summed E-state index contributed by atoms with van der Waals surface area (Å²) in [5.41, 5.74) is 12.4. The van der Waals surface area contributed by atoms with Gasteiger partial charge in [0.05, 0.1) is 51.6 Å². The maximum Gasteiger partial charge on any atom is 0.170 e. The van der Waals surface area contributed by atoms with Crippen molar-refractivity contribution in [3.63, 3.8) is 0 Å². The molecule has 10 aromatic heterocycles. The van der Waals surface area contributed by atoms with E-state index >= 15 is 0 Å². The van der Waals surface area contributed by atoms with Crippen molar-refractivity contribution in [2.75, 3.05) is 0 Å². The highest BCUT2D eigenvalue weighted by Crippen LogP contribution is 2.08. The summed E-state index contributed by atoms with van der Waals surface area (Å²) in [4.78, 5) is 45.2. The molecule has 0 radical (unpaired) electrons. The zero-order chi connectivity index (χ0) is 59.1. The van der Waals surface area contributed by atoms with Crippen molar-refractivity contribution >= 4 is 11.3 Å². The molecule has 416 valence electrons. The minimum absolute atomic E-state index is 0.607. The summed E-state index contributed by atoms with van der Waals surface area (Å²) in [6.45, 7) is 38.3. The third-order valence-corrected chi connectivity index (χ3v) is 9.61. The lowest BCUT2D eigenvalue weighted by Gasteiger charge is -1.89. The van der Waals surface area contributed by atoms with E-state index in [0.717, 1.165) is 85.0 Å². The molecule has 21 nitrogen and oxygen atoms in total. The van der Waals surface area contributed by atoms with Crippen LogP contribution in [0.2, 0.25) is 0 Å². The summed E-state index contributed by atoms with van der Waals surface area (Å²) in [5, 5.41) is 38.4. The van der Waals surface area contributed by atoms with E-state index in [1.807, 2.05) is 185 Å². The Labute approximate surface area is 470 Å². The van der Waals surface area contributed by atoms with E-state index in [0.29, 0.717) is 11.6 Å². The molecule has 0 aliphatic rings. The third-order valence-electron chi connectivity index (χ3n) is 8.78. The molecular weight excluding hydrogens is 1010 g/mol. The molecule has 0 saturated heterocycles. The third kappa shape index (κ3) is 38.4. The van der Waals surface area contributed by atoms with Gasteiger partial charge in [-0.2, -0.15) is 20.4 Å². The van der Waals surface area contributed by atoms with Gasteiger partial charge in [-0.1, -0.05) is 12.1 Å². The van der Waals surface area contributed by atoms with Gasteiger partial charge >= 0.3 is 0 Å². The average Bonchev–Trinajstić information content (AvgIpc) is 3.82. The molecule has 0 saturated carbocycles. The zero-order valence-electron chi connectivity index (χ0n) is 49.6. The van der Waals surface area contributed by atoms with Crippen LogP contribution in [0.5, 0.6) is 0 Å². The molecule has 0 unspecified atom stereocenters. The Balaban J connectivity index is 0.000000439. The van der Waals surface area contributed by atoms with Crippen LogP contribution in [-0.4, -0.2) is 106 Å². The molecule has 10 heterocycles. The van der Waals surface area contributed by atoms with E-state index in [9.17, 15) is 0 Å². The second-order valence-electron chi connectivity index (χ2n) is 17.5. The quantitative estimate of drug-likeness (QED) is 0.136. The van der Waals surface area contributed by atoms with Gasteiger partial charge in [-0.15, -0.1) is 41.9 Å². The van der Waals surface area contributed by atoms with E-state index < -0.39 is 0 Å². The van der Waals surface area contributed by atoms with Crippen molar-refractivity contribution in [3.8, 4) is 0 Å². The summed E-state index contributed by atoms with van der Waals surface area (Å²) >= 11 is 1.73. The first-order valence-corrected chi connectivity index (χ1v) is 25.7. The fraction of sp³-hybridized carbons (Fsp3) is 0.351. The van der Waals surface area contributed by atoms with Gasteiger partial charge in [0.15, 0.2) is 11.6 Å². The lowest BCUT2D eigenvalue weighted by molar-refractivity contribution is 0.767. The minimum atomic E-state index is 0.607. The van der Waals surface area contributed by atoms with E-state index in [4.69, 9.17) is 0 Å². The van der Waals surface area contributed by atoms with E-state index in [1.54, 1.807) is 50.0 Å². The van der Waals surface area contributed by atoms with Gasteiger partial charge in [0.25, 0.3) is 0 Å². The Morgan fingerprint density at radius 3 is 0.684 bits per heavy atom. The predicted molar refractivity (Wildman–Crippen MR) is 311 cm³/mol. The molecule has 10 aromatic rings. The fourth-order valence-electron chi connectivity index (χ4n) is 4.50. The number of pyridine rings is 2. The highest BCUT2D eigenvalue weighted by Gasteiger charge is 1.90. The molecule has 0 aliphatic carbocycles. The zero-order valence-corrected chi connectivity index (χ0v) is 50.4. The molecule has 0 atom stereocenters. The summed E-state index contributed by atoms with van der Waals surface area (Å²) in [6, 6.07) is 12.0. The summed E-state index contributed by atoms with van der Waals surface area (Å²) in [5.74, 6) is 4.31. The Hall–Kier alpha value is -8.79. The lowest BCUT2D eigenvalue weighted by Crippen LogP contribution is -1.97. The van der Waals surface area contributed by atoms with Gasteiger partial charge in [0.2, 0.25) is 0 Å². The number of hydrogen-bond donors (Lipinski definition) is 0. The average molecular weight is 1090 g/mol. The number of rotatable bonds is 0. The fourth-order valence-corrected chi connectivity index (χ4v) is 5.17. The van der Waals surface area contributed by atoms with Crippen LogP contribution in [0.4, 0.5) is 0 Å². The molecule has 79 heavy (non-hydrogen) atoms. The second kappa shape index (κ2) is 39.6. The van der Waals surface area contributed by atoms with Crippen LogP contribution >= 0.6 is 11.3 Å². The highest BCUT2D eigenvalue weighted by molar-refractivity contribution is 7.11. The molecule has 0 amide bonds. The molecule has 0 N–H and O–H groups in total. The van der Waals surface area contributed by atoms with Crippen LogP contribution in [0.3, 0.4) is 0 Å². The van der Waals surface area contributed by atoms with Gasteiger partial charge in [0, 0.05) is 72.0 Å². The number of nitrogens with zero attached hydrogens (tertiary/aromatic N) is 21. The first-order chi connectivity index (χ1) is 37.4. The van der Waals surface area contributed by atoms with Gasteiger partial charge in [-0.25, -0.2) is 34.9 Å². The molecule has 0 spiro atoms. The molecule has 22 heteroatoms. The smallest absolute Gasteiger partial charge is 0.170 e. The van der Waals surface area contributed by atoms with Crippen LogP contribution in [-0.2, 0) is 0 Å². The standard InChI is InChI=1S/2C7H9N.4C6H8N2.2C5H7N3.C5H7NS.C4H6N4/c2*1-6-3-4-7(2)8-5-6;1-5-3-8-6(2)4-7-5;2*1-5-3-7-6(2)8-4-5;1-5-3-4-6(2)8-7-5;2*1-4-3-6-5(2)8-7-4;1-4-3-6-5(2)7-4;1-3-5-7-4(2)8-6-3/h2*3-5H,1-2H3;4*3-4H,1-2H3;2*3H,1-2H3;3H,1-2H3;1-2H3. The van der Waals surface area contributed by atoms with Crippen LogP contribution in [0.25, 0.3) is 0 Å². The van der Waals surface area contributed by atoms with E-state index in [-0.39, 0.29) is 0 Å². The number of aryl methyl sites for hydroxylation is 20. The van der Waals surface area contributed by atoms with E-state index in [2.05, 4.69) is 125 Å². The normalized spacial score (nSPS) is 9.27. The Bertz CT molecular complexity index is 2260. The number of aromatic nitrogens is 21. The minimum Gasteiger partial charge on any atom is -0.261 e. The van der Waals surface area contributed by atoms with E-state index in [1.165, 1.54) is 16.0 Å². The molecular formula is C57H77N21S. The van der Waals surface area contributed by atoms with Gasteiger partial charge in [-0.05, 0) is 185 Å². The molecule has 0 fully saturated rings. The first kappa shape index (κ1) is 68.2. The highest BCUT2D eigenvalue weighted by atomic mass is 32.1. The maximum atomic E-state index is 4.08. The van der Waals surface area contributed by atoms with Gasteiger partial charge < -0.3 is 0 Å². The number of thiazole rings is 1. The van der Waals surface area contributed by atoms with Crippen molar-refractivity contribution < 1.29 is 0 Å². The largest absolute Gasteiger partial charge is 0.261 e. The predicted octanol–water partition coefficient (Wildman–Crippen LogP) is 10.4. The van der Waals surface area contributed by atoms with Crippen molar-refractivity contribution in [3.05, 3.63) is 217 Å². The van der Waals surface area contributed by atoms with Crippen LogP contribution in [0.15, 0.2) is 105 Å². The van der Waals surface area contributed by atoms with Crippen LogP contribution < -0.4 is 0 Å². The van der Waals surface area contributed by atoms with Crippen LogP contribution in [0, 0.1) is 138 Å². The van der Waals surface area contributed by atoms with Crippen molar-refractivity contribution in [2.45, 2.75) is 138 Å². The second-order valence-corrected chi connectivity index (χ2v) is 18.9. The lowest BCUT2D eigenvalue weighted by atomic mass is 10.3. The van der Waals surface area contributed by atoms with Gasteiger partial charge in [-0.3, -0.25) is 19.9 Å². The summed E-state index contributed by atoms with van der Waals surface area (Å²) < 4.78 is 0. The molecule has 0 aromatic carbocycles. The van der Waals surface area contributed by atoms with Crippen molar-refractivity contribution in [1.82, 2.24) is 106 Å². The van der Waals surface area contributed by atoms with Crippen molar-refractivity contribution in [2.24, 2.45) is 0 Å². The summed E-state index contributed by atoms with van der Waals surface area (Å²) in [6.07, 6.45) is 19.8. The Morgan fingerprint density at radius 1 is 0.203 bits per heavy atom. The first-order valence-electron chi connectivity index (χ1n) is 24.9. The van der Waals surface area contributed by atoms with Crippen LogP contribution in [0.1, 0.15) is 113 Å². The summed E-state index contributed by atoms with van der Waals surface area (Å²) in [7, 11) is 0. The van der Waals surface area contributed by atoms with Crippen molar-refractivity contribution in [1.29, 1.82) is 0 Å². The molecule has 0 bridgehead atoms. The maximum absolute atomic E-state index is 4.08. The Morgan fingerprint density at radius 2 is 0.481 bits per heavy atom. The molecule has 0 aliphatic heterocycles. The van der Waals surface area contributed by atoms with Gasteiger partial charge in [0.1, 0.15) is 23.3 Å². The Kier molecular flexibility index (Phi) is 34.2. The molecule has 10 rings (SSSR count). The SMILES string of the molecule is Cc1ccc(C)nc1.Cc1ccc(C)nc1.Cc1ccc(C)nn1.Cc1cnc(C)cn1.Cc1cnc(C)nc1.Cc1cnc(C)nc1.Cc1cnc(C)nn1.Cc1cnc(C)nn1.Cc1cnc(C)s1.Cc1nnc(C)nn1.